The first-order valence-corrected chi connectivity index (χ1v) is 9.88. The Morgan fingerprint density at radius 1 is 1.41 bits per heavy atom. The highest BCUT2D eigenvalue weighted by atomic mass is 32.1. The van der Waals surface area contributed by atoms with Crippen LogP contribution < -0.4 is 5.32 Å². The van der Waals surface area contributed by atoms with Gasteiger partial charge in [0.1, 0.15) is 5.76 Å². The molecular weight excluding hydrogens is 362 g/mol. The van der Waals surface area contributed by atoms with Crippen molar-refractivity contribution in [2.24, 2.45) is 7.05 Å². The summed E-state index contributed by atoms with van der Waals surface area (Å²) in [4.78, 5) is 16.3. The minimum absolute atomic E-state index is 0.00414. The molecule has 8 heteroatoms. The third kappa shape index (κ3) is 3.68. The maximum atomic E-state index is 12.6. The van der Waals surface area contributed by atoms with Crippen LogP contribution in [0, 0.1) is 13.8 Å². The summed E-state index contributed by atoms with van der Waals surface area (Å²) in [6.07, 6.45) is 4.57. The molecule has 0 spiro atoms. The zero-order valence-corrected chi connectivity index (χ0v) is 16.6. The van der Waals surface area contributed by atoms with Crippen LogP contribution in [-0.2, 0) is 33.1 Å². The number of nitrogens with zero attached hydrogens (tertiary/aromatic N) is 4. The summed E-state index contributed by atoms with van der Waals surface area (Å²) in [5, 5.41) is 13.2. The highest BCUT2D eigenvalue weighted by molar-refractivity contribution is 7.10. The first-order chi connectivity index (χ1) is 13.0. The lowest BCUT2D eigenvalue weighted by molar-refractivity contribution is 0.0949. The molecule has 4 heterocycles. The normalized spacial score (nSPS) is 14.3. The highest BCUT2D eigenvalue weighted by Gasteiger charge is 2.25. The average molecular weight is 385 g/mol. The standard InChI is InChI=1S/C19H23N5O2S/c1-12-16(13(2)26-22-12)9-24-5-4-15-17(11-27-18(15)10-24)19(25)20-6-14-7-21-23(3)8-14/h7-8,11H,4-6,9-10H2,1-3H3,(H,20,25). The van der Waals surface area contributed by atoms with Crippen LogP contribution in [0.4, 0.5) is 0 Å². The summed E-state index contributed by atoms with van der Waals surface area (Å²) in [6, 6.07) is 0. The average Bonchev–Trinajstić information content (AvgIpc) is 3.34. The molecule has 0 bridgehead atoms. The van der Waals surface area contributed by atoms with Gasteiger partial charge in [-0.25, -0.2) is 0 Å². The minimum Gasteiger partial charge on any atom is -0.361 e. The predicted octanol–water partition coefficient (Wildman–Crippen LogP) is 2.57. The van der Waals surface area contributed by atoms with Crippen molar-refractivity contribution in [1.29, 1.82) is 0 Å². The summed E-state index contributed by atoms with van der Waals surface area (Å²) in [5.74, 6) is 0.885. The van der Waals surface area contributed by atoms with Crippen molar-refractivity contribution in [1.82, 2.24) is 25.2 Å². The van der Waals surface area contributed by atoms with Gasteiger partial charge in [0.2, 0.25) is 0 Å². The van der Waals surface area contributed by atoms with Crippen molar-refractivity contribution in [3.05, 3.63) is 56.4 Å². The van der Waals surface area contributed by atoms with Crippen molar-refractivity contribution in [3.8, 4) is 0 Å². The van der Waals surface area contributed by atoms with Crippen LogP contribution >= 0.6 is 11.3 Å². The number of rotatable bonds is 5. The third-order valence-corrected chi connectivity index (χ3v) is 6.06. The van der Waals surface area contributed by atoms with Gasteiger partial charge in [0, 0.05) is 60.8 Å². The maximum absolute atomic E-state index is 12.6. The molecule has 0 fully saturated rings. The van der Waals surface area contributed by atoms with E-state index >= 15 is 0 Å². The molecule has 0 unspecified atom stereocenters. The van der Waals surface area contributed by atoms with Crippen molar-refractivity contribution in [2.45, 2.75) is 39.9 Å². The SMILES string of the molecule is Cc1noc(C)c1CN1CCc2c(C(=O)NCc3cnn(C)c3)csc2C1. The van der Waals surface area contributed by atoms with E-state index in [9.17, 15) is 4.79 Å². The molecule has 142 valence electrons. The molecule has 7 nitrogen and oxygen atoms in total. The van der Waals surface area contributed by atoms with E-state index in [0.29, 0.717) is 6.54 Å². The molecule has 4 rings (SSSR count). The Bertz CT molecular complexity index is 951. The summed E-state index contributed by atoms with van der Waals surface area (Å²) < 4.78 is 7.01. The maximum Gasteiger partial charge on any atom is 0.252 e. The van der Waals surface area contributed by atoms with Gasteiger partial charge in [-0.05, 0) is 25.8 Å². The number of hydrogen-bond donors (Lipinski definition) is 1. The first kappa shape index (κ1) is 17.9. The van der Waals surface area contributed by atoms with Crippen LogP contribution in [0.3, 0.4) is 0 Å². The number of hydrogen-bond acceptors (Lipinski definition) is 6. The molecule has 0 atom stereocenters. The Hall–Kier alpha value is -2.45. The van der Waals surface area contributed by atoms with Gasteiger partial charge in [0.25, 0.3) is 5.91 Å². The number of carbonyl (C=O) groups excluding carboxylic acids is 1. The summed E-state index contributed by atoms with van der Waals surface area (Å²) in [6.45, 7) is 7.06. The number of aromatic nitrogens is 3. The fourth-order valence-electron chi connectivity index (χ4n) is 3.50. The molecule has 1 amide bonds. The number of carbonyl (C=O) groups is 1. The van der Waals surface area contributed by atoms with Gasteiger partial charge < -0.3 is 9.84 Å². The number of amides is 1. The van der Waals surface area contributed by atoms with Crippen LogP contribution in [0.1, 0.15) is 43.4 Å². The highest BCUT2D eigenvalue weighted by Crippen LogP contribution is 2.30. The van der Waals surface area contributed by atoms with Gasteiger partial charge in [-0.1, -0.05) is 5.16 Å². The fraction of sp³-hybridized carbons (Fsp3) is 0.421. The van der Waals surface area contributed by atoms with E-state index < -0.39 is 0 Å². The zero-order chi connectivity index (χ0) is 19.0. The molecule has 0 aromatic carbocycles. The summed E-state index contributed by atoms with van der Waals surface area (Å²) >= 11 is 1.67. The molecule has 3 aromatic heterocycles. The lowest BCUT2D eigenvalue weighted by Gasteiger charge is -2.27. The Kier molecular flexibility index (Phi) is 4.84. The molecular formula is C19H23N5O2S. The monoisotopic (exact) mass is 385 g/mol. The second kappa shape index (κ2) is 7.28. The Morgan fingerprint density at radius 3 is 2.96 bits per heavy atom. The lowest BCUT2D eigenvalue weighted by Crippen LogP contribution is -2.31. The molecule has 1 aliphatic rings. The summed E-state index contributed by atoms with van der Waals surface area (Å²) in [7, 11) is 1.87. The second-order valence-corrected chi connectivity index (χ2v) is 7.98. The van der Waals surface area contributed by atoms with E-state index in [1.165, 1.54) is 16.0 Å². The minimum atomic E-state index is -0.00414. The van der Waals surface area contributed by atoms with Crippen molar-refractivity contribution in [3.63, 3.8) is 0 Å². The van der Waals surface area contributed by atoms with Gasteiger partial charge in [0.15, 0.2) is 0 Å². The van der Waals surface area contributed by atoms with Crippen molar-refractivity contribution < 1.29 is 9.32 Å². The molecule has 27 heavy (non-hydrogen) atoms. The fourth-order valence-corrected chi connectivity index (χ4v) is 4.62. The largest absolute Gasteiger partial charge is 0.361 e. The molecule has 0 radical (unpaired) electrons. The van der Waals surface area contributed by atoms with E-state index in [1.807, 2.05) is 32.5 Å². The van der Waals surface area contributed by atoms with Gasteiger partial charge in [-0.3, -0.25) is 14.4 Å². The lowest BCUT2D eigenvalue weighted by atomic mass is 10.0. The molecule has 3 aromatic rings. The van der Waals surface area contributed by atoms with Crippen LogP contribution in [0.15, 0.2) is 22.3 Å². The van der Waals surface area contributed by atoms with Crippen LogP contribution in [0.2, 0.25) is 0 Å². The number of aryl methyl sites for hydroxylation is 3. The van der Waals surface area contributed by atoms with Crippen LogP contribution in [0.5, 0.6) is 0 Å². The Balaban J connectivity index is 1.41. The number of thiophene rings is 1. The van der Waals surface area contributed by atoms with Crippen LogP contribution in [0.25, 0.3) is 0 Å². The van der Waals surface area contributed by atoms with Crippen molar-refractivity contribution >= 4 is 17.2 Å². The number of fused-ring (bicyclic) bond motifs is 1. The molecule has 1 aliphatic heterocycles. The molecule has 0 saturated carbocycles. The topological polar surface area (TPSA) is 76.2 Å². The Morgan fingerprint density at radius 2 is 2.26 bits per heavy atom. The van der Waals surface area contributed by atoms with E-state index in [-0.39, 0.29) is 5.91 Å². The quantitative estimate of drug-likeness (QED) is 0.731. The zero-order valence-electron chi connectivity index (χ0n) is 15.8. The van der Waals surface area contributed by atoms with Gasteiger partial charge in [0.05, 0.1) is 17.5 Å². The van der Waals surface area contributed by atoms with Gasteiger partial charge >= 0.3 is 0 Å². The van der Waals surface area contributed by atoms with E-state index in [2.05, 4.69) is 20.5 Å². The van der Waals surface area contributed by atoms with Crippen molar-refractivity contribution in [2.75, 3.05) is 6.54 Å². The predicted molar refractivity (Wildman–Crippen MR) is 102 cm³/mol. The second-order valence-electron chi connectivity index (χ2n) is 7.02. The van der Waals surface area contributed by atoms with Gasteiger partial charge in [-0.2, -0.15) is 5.10 Å². The van der Waals surface area contributed by atoms with E-state index in [0.717, 1.165) is 48.6 Å². The molecule has 0 saturated heterocycles. The third-order valence-electron chi connectivity index (χ3n) is 5.04. The van der Waals surface area contributed by atoms with Crippen LogP contribution in [-0.4, -0.2) is 32.3 Å². The van der Waals surface area contributed by atoms with Gasteiger partial charge in [-0.15, -0.1) is 11.3 Å². The first-order valence-electron chi connectivity index (χ1n) is 9.00. The molecule has 0 aliphatic carbocycles. The van der Waals surface area contributed by atoms with E-state index in [4.69, 9.17) is 4.52 Å². The van der Waals surface area contributed by atoms with E-state index in [1.54, 1.807) is 22.2 Å². The summed E-state index contributed by atoms with van der Waals surface area (Å²) in [5.41, 5.74) is 5.14. The molecule has 1 N–H and O–H groups in total. The Labute approximate surface area is 162 Å². The smallest absolute Gasteiger partial charge is 0.252 e. The number of nitrogens with one attached hydrogen (secondary N) is 1.